The second kappa shape index (κ2) is 7.81. The number of hydrogen-bond acceptors (Lipinski definition) is 3. The number of carbonyl (C=O) groups is 2. The molecule has 0 heterocycles. The van der Waals surface area contributed by atoms with Gasteiger partial charge in [0.15, 0.2) is 0 Å². The quantitative estimate of drug-likeness (QED) is 0.862. The maximum absolute atomic E-state index is 12.4. The first-order valence-electron chi connectivity index (χ1n) is 7.70. The van der Waals surface area contributed by atoms with Crippen molar-refractivity contribution in [3.05, 3.63) is 29.8 Å². The molecule has 1 aliphatic carbocycles. The van der Waals surface area contributed by atoms with Crippen LogP contribution in [0.15, 0.2) is 24.3 Å². The van der Waals surface area contributed by atoms with Crippen LogP contribution in [0.3, 0.4) is 0 Å². The van der Waals surface area contributed by atoms with Crippen molar-refractivity contribution in [3.63, 3.8) is 0 Å². The molecule has 1 saturated carbocycles. The highest BCUT2D eigenvalue weighted by Crippen LogP contribution is 2.24. The van der Waals surface area contributed by atoms with Gasteiger partial charge in [-0.25, -0.2) is 4.79 Å². The molecule has 114 valence electrons. The third kappa shape index (κ3) is 4.31. The number of methoxy groups -OCH3 is 1. The largest absolute Gasteiger partial charge is 0.465 e. The molecule has 4 heteroatoms. The van der Waals surface area contributed by atoms with Crippen LogP contribution >= 0.6 is 0 Å². The minimum atomic E-state index is -0.427. The fraction of sp³-hybridized carbons (Fsp3) is 0.529. The zero-order valence-electron chi connectivity index (χ0n) is 12.6. The van der Waals surface area contributed by atoms with Crippen molar-refractivity contribution in [2.24, 2.45) is 5.92 Å². The van der Waals surface area contributed by atoms with Crippen LogP contribution in [0.1, 0.15) is 55.3 Å². The van der Waals surface area contributed by atoms with Crippen LogP contribution in [0.4, 0.5) is 5.69 Å². The van der Waals surface area contributed by atoms with Gasteiger partial charge in [-0.3, -0.25) is 4.79 Å². The standard InChI is InChI=1S/C17H23NO3/c1-21-17(20)14-11-7-8-12-15(14)18-16(19)13-9-5-3-2-4-6-10-13/h7-8,11-13H,2-6,9-10H2,1H3,(H,18,19). The number of rotatable bonds is 3. The van der Waals surface area contributed by atoms with E-state index in [0.717, 1.165) is 25.7 Å². The number of para-hydroxylation sites is 1. The molecule has 0 bridgehead atoms. The van der Waals surface area contributed by atoms with E-state index in [0.29, 0.717) is 11.3 Å². The average Bonchev–Trinajstić information content (AvgIpc) is 2.46. The van der Waals surface area contributed by atoms with Crippen molar-refractivity contribution in [1.82, 2.24) is 0 Å². The number of benzene rings is 1. The Morgan fingerprint density at radius 1 is 1.05 bits per heavy atom. The Morgan fingerprint density at radius 2 is 1.67 bits per heavy atom. The normalized spacial score (nSPS) is 16.6. The van der Waals surface area contributed by atoms with Gasteiger partial charge >= 0.3 is 5.97 Å². The van der Waals surface area contributed by atoms with E-state index < -0.39 is 5.97 Å². The first kappa shape index (κ1) is 15.5. The lowest BCUT2D eigenvalue weighted by Gasteiger charge is -2.19. The summed E-state index contributed by atoms with van der Waals surface area (Å²) in [7, 11) is 1.34. The van der Waals surface area contributed by atoms with E-state index in [2.05, 4.69) is 5.32 Å². The van der Waals surface area contributed by atoms with Gasteiger partial charge in [0, 0.05) is 5.92 Å². The SMILES string of the molecule is COC(=O)c1ccccc1NC(=O)C1CCCCCCC1. The molecular formula is C17H23NO3. The van der Waals surface area contributed by atoms with E-state index in [4.69, 9.17) is 4.74 Å². The molecule has 2 rings (SSSR count). The molecule has 0 saturated heterocycles. The summed E-state index contributed by atoms with van der Waals surface area (Å²) < 4.78 is 4.75. The van der Waals surface area contributed by atoms with Gasteiger partial charge in [0.2, 0.25) is 5.91 Å². The van der Waals surface area contributed by atoms with Gasteiger partial charge in [0.1, 0.15) is 0 Å². The molecule has 1 N–H and O–H groups in total. The summed E-state index contributed by atoms with van der Waals surface area (Å²) in [6.07, 6.45) is 7.79. The summed E-state index contributed by atoms with van der Waals surface area (Å²) in [5.41, 5.74) is 0.940. The lowest BCUT2D eigenvalue weighted by atomic mass is 9.90. The Bertz CT molecular complexity index is 491. The zero-order chi connectivity index (χ0) is 15.1. The van der Waals surface area contributed by atoms with Gasteiger partial charge in [-0.15, -0.1) is 0 Å². The minimum absolute atomic E-state index is 0.0215. The molecular weight excluding hydrogens is 266 g/mol. The fourth-order valence-electron chi connectivity index (χ4n) is 2.83. The predicted molar refractivity (Wildman–Crippen MR) is 82.2 cm³/mol. The van der Waals surface area contributed by atoms with Gasteiger partial charge in [0.25, 0.3) is 0 Å². The summed E-state index contributed by atoms with van der Waals surface area (Å²) >= 11 is 0. The smallest absolute Gasteiger partial charge is 0.339 e. The van der Waals surface area contributed by atoms with Crippen LogP contribution in [0.25, 0.3) is 0 Å². The Morgan fingerprint density at radius 3 is 2.33 bits per heavy atom. The first-order chi connectivity index (χ1) is 10.2. The summed E-state index contributed by atoms with van der Waals surface area (Å²) in [6, 6.07) is 6.98. The average molecular weight is 289 g/mol. The molecule has 0 aliphatic heterocycles. The van der Waals surface area contributed by atoms with Crippen LogP contribution in [0.5, 0.6) is 0 Å². The van der Waals surface area contributed by atoms with Gasteiger partial charge < -0.3 is 10.1 Å². The molecule has 1 fully saturated rings. The maximum Gasteiger partial charge on any atom is 0.339 e. The highest BCUT2D eigenvalue weighted by Gasteiger charge is 2.21. The number of amides is 1. The van der Waals surface area contributed by atoms with Gasteiger partial charge in [-0.2, -0.15) is 0 Å². The van der Waals surface area contributed by atoms with Crippen LogP contribution in [-0.2, 0) is 9.53 Å². The first-order valence-corrected chi connectivity index (χ1v) is 7.70. The summed E-state index contributed by atoms with van der Waals surface area (Å²) in [5, 5.41) is 2.90. The molecule has 0 radical (unpaired) electrons. The lowest BCUT2D eigenvalue weighted by Crippen LogP contribution is -2.24. The highest BCUT2D eigenvalue weighted by atomic mass is 16.5. The second-order valence-corrected chi connectivity index (χ2v) is 5.57. The van der Waals surface area contributed by atoms with E-state index >= 15 is 0 Å². The molecule has 21 heavy (non-hydrogen) atoms. The Balaban J connectivity index is 2.06. The maximum atomic E-state index is 12.4. The van der Waals surface area contributed by atoms with Crippen molar-refractivity contribution in [3.8, 4) is 0 Å². The molecule has 1 aliphatic rings. The van der Waals surface area contributed by atoms with Gasteiger partial charge in [-0.1, -0.05) is 44.2 Å². The number of esters is 1. The minimum Gasteiger partial charge on any atom is -0.465 e. The van der Waals surface area contributed by atoms with E-state index in [1.54, 1.807) is 24.3 Å². The van der Waals surface area contributed by atoms with Crippen molar-refractivity contribution >= 4 is 17.6 Å². The molecule has 1 amide bonds. The van der Waals surface area contributed by atoms with E-state index in [1.165, 1.54) is 26.4 Å². The van der Waals surface area contributed by atoms with E-state index in [9.17, 15) is 9.59 Å². The summed E-state index contributed by atoms with van der Waals surface area (Å²) in [5.74, 6) is -0.354. The van der Waals surface area contributed by atoms with Crippen LogP contribution in [-0.4, -0.2) is 19.0 Å². The molecule has 1 aromatic rings. The third-order valence-corrected chi connectivity index (χ3v) is 4.07. The second-order valence-electron chi connectivity index (χ2n) is 5.57. The van der Waals surface area contributed by atoms with Crippen LogP contribution in [0, 0.1) is 5.92 Å². The Labute approximate surface area is 125 Å². The lowest BCUT2D eigenvalue weighted by molar-refractivity contribution is -0.120. The Kier molecular flexibility index (Phi) is 5.78. The molecule has 0 spiro atoms. The van der Waals surface area contributed by atoms with E-state index in [1.807, 2.05) is 0 Å². The van der Waals surface area contributed by atoms with Crippen LogP contribution < -0.4 is 5.32 Å². The zero-order valence-corrected chi connectivity index (χ0v) is 12.6. The molecule has 0 aromatic heterocycles. The molecule has 1 aromatic carbocycles. The molecule has 0 atom stereocenters. The van der Waals surface area contributed by atoms with Gasteiger partial charge in [-0.05, 0) is 25.0 Å². The van der Waals surface area contributed by atoms with Gasteiger partial charge in [0.05, 0.1) is 18.4 Å². The Hall–Kier alpha value is -1.84. The van der Waals surface area contributed by atoms with Crippen LogP contribution in [0.2, 0.25) is 0 Å². The van der Waals surface area contributed by atoms with Crippen molar-refractivity contribution < 1.29 is 14.3 Å². The number of nitrogens with one attached hydrogen (secondary N) is 1. The molecule has 0 unspecified atom stereocenters. The van der Waals surface area contributed by atoms with E-state index in [-0.39, 0.29) is 11.8 Å². The van der Waals surface area contributed by atoms with Crippen molar-refractivity contribution in [2.75, 3.05) is 12.4 Å². The third-order valence-electron chi connectivity index (χ3n) is 4.07. The summed E-state index contributed by atoms with van der Waals surface area (Å²) in [4.78, 5) is 24.2. The van der Waals surface area contributed by atoms with Crippen molar-refractivity contribution in [1.29, 1.82) is 0 Å². The van der Waals surface area contributed by atoms with Crippen molar-refractivity contribution in [2.45, 2.75) is 44.9 Å². The topological polar surface area (TPSA) is 55.4 Å². The number of carbonyl (C=O) groups excluding carboxylic acids is 2. The number of hydrogen-bond donors (Lipinski definition) is 1. The number of anilines is 1. The molecule has 4 nitrogen and oxygen atoms in total. The monoisotopic (exact) mass is 289 g/mol. The highest BCUT2D eigenvalue weighted by molar-refractivity contribution is 6.01. The fourth-order valence-corrected chi connectivity index (χ4v) is 2.83. The predicted octanol–water partition coefficient (Wildman–Crippen LogP) is 3.77. The summed E-state index contributed by atoms with van der Waals surface area (Å²) in [6.45, 7) is 0. The number of ether oxygens (including phenoxy) is 1.